The SMILES string of the molecule is CCCNC(=O)C(C)Nc1c(N)cnc2ccc(Br)cc12. The number of nitrogens with zero attached hydrogens (tertiary/aromatic N) is 1. The van der Waals surface area contributed by atoms with E-state index < -0.39 is 0 Å². The number of halogens is 1. The molecule has 1 atom stereocenters. The van der Waals surface area contributed by atoms with E-state index in [0.29, 0.717) is 12.2 Å². The predicted molar refractivity (Wildman–Crippen MR) is 90.2 cm³/mol. The monoisotopic (exact) mass is 350 g/mol. The van der Waals surface area contributed by atoms with Gasteiger partial charge >= 0.3 is 0 Å². The van der Waals surface area contributed by atoms with Crippen molar-refractivity contribution >= 4 is 44.1 Å². The molecule has 0 radical (unpaired) electrons. The topological polar surface area (TPSA) is 80.0 Å². The lowest BCUT2D eigenvalue weighted by Crippen LogP contribution is -2.38. The summed E-state index contributed by atoms with van der Waals surface area (Å²) >= 11 is 3.44. The zero-order valence-corrected chi connectivity index (χ0v) is 13.7. The third kappa shape index (κ3) is 3.64. The number of pyridine rings is 1. The lowest BCUT2D eigenvalue weighted by atomic mass is 10.1. The van der Waals surface area contributed by atoms with Gasteiger partial charge in [-0.25, -0.2) is 0 Å². The van der Waals surface area contributed by atoms with Crippen LogP contribution in [0, 0.1) is 0 Å². The van der Waals surface area contributed by atoms with Crippen LogP contribution < -0.4 is 16.4 Å². The van der Waals surface area contributed by atoms with Gasteiger partial charge in [0.25, 0.3) is 0 Å². The van der Waals surface area contributed by atoms with Crippen LogP contribution in [0.4, 0.5) is 11.4 Å². The highest BCUT2D eigenvalue weighted by atomic mass is 79.9. The van der Waals surface area contributed by atoms with E-state index in [1.807, 2.05) is 32.0 Å². The van der Waals surface area contributed by atoms with E-state index in [4.69, 9.17) is 5.73 Å². The summed E-state index contributed by atoms with van der Waals surface area (Å²) in [5.74, 6) is -0.0452. The van der Waals surface area contributed by atoms with E-state index in [-0.39, 0.29) is 11.9 Å². The van der Waals surface area contributed by atoms with Gasteiger partial charge in [0.1, 0.15) is 6.04 Å². The molecular formula is C15H19BrN4O. The quantitative estimate of drug-likeness (QED) is 0.774. The van der Waals surface area contributed by atoms with Gasteiger partial charge in [-0.1, -0.05) is 22.9 Å². The van der Waals surface area contributed by atoms with Gasteiger partial charge in [-0.15, -0.1) is 0 Å². The van der Waals surface area contributed by atoms with Crippen molar-refractivity contribution in [2.75, 3.05) is 17.6 Å². The number of rotatable bonds is 5. The molecule has 4 N–H and O–H groups in total. The summed E-state index contributed by atoms with van der Waals surface area (Å²) in [6.07, 6.45) is 2.51. The summed E-state index contributed by atoms with van der Waals surface area (Å²) in [4.78, 5) is 16.3. The standard InChI is InChI=1S/C15H19BrN4O/c1-3-6-18-15(21)9(2)20-14-11-7-10(16)4-5-13(11)19-8-12(14)17/h4-5,7-9H,3,6,17H2,1-2H3,(H,18,21)(H,19,20). The van der Waals surface area contributed by atoms with E-state index in [0.717, 1.165) is 27.5 Å². The Balaban J connectivity index is 2.30. The van der Waals surface area contributed by atoms with Crippen molar-refractivity contribution in [3.8, 4) is 0 Å². The average molecular weight is 351 g/mol. The van der Waals surface area contributed by atoms with E-state index >= 15 is 0 Å². The van der Waals surface area contributed by atoms with Crippen LogP contribution in [0.3, 0.4) is 0 Å². The molecule has 21 heavy (non-hydrogen) atoms. The molecule has 6 heteroatoms. The Bertz CT molecular complexity index is 654. The zero-order valence-electron chi connectivity index (χ0n) is 12.1. The first-order valence-corrected chi connectivity index (χ1v) is 7.70. The first-order valence-electron chi connectivity index (χ1n) is 6.91. The zero-order chi connectivity index (χ0) is 15.4. The summed E-state index contributed by atoms with van der Waals surface area (Å²) in [6.45, 7) is 4.50. The molecule has 5 nitrogen and oxygen atoms in total. The molecule has 1 unspecified atom stereocenters. The molecule has 112 valence electrons. The summed E-state index contributed by atoms with van der Waals surface area (Å²) in [6, 6.07) is 5.40. The van der Waals surface area contributed by atoms with E-state index in [9.17, 15) is 4.79 Å². The predicted octanol–water partition coefficient (Wildman–Crippen LogP) is 2.91. The van der Waals surface area contributed by atoms with Crippen LogP contribution in [-0.2, 0) is 4.79 Å². The Morgan fingerprint density at radius 2 is 2.24 bits per heavy atom. The Morgan fingerprint density at radius 3 is 2.95 bits per heavy atom. The van der Waals surface area contributed by atoms with Crippen molar-refractivity contribution in [1.29, 1.82) is 0 Å². The lowest BCUT2D eigenvalue weighted by molar-refractivity contribution is -0.121. The molecule has 0 aliphatic rings. The number of benzene rings is 1. The highest BCUT2D eigenvalue weighted by molar-refractivity contribution is 9.10. The van der Waals surface area contributed by atoms with Crippen LogP contribution in [0.15, 0.2) is 28.9 Å². The number of carbonyl (C=O) groups excluding carboxylic acids is 1. The van der Waals surface area contributed by atoms with E-state index in [1.54, 1.807) is 6.20 Å². The molecule has 1 aromatic heterocycles. The molecule has 1 heterocycles. The average Bonchev–Trinajstić information content (AvgIpc) is 2.47. The smallest absolute Gasteiger partial charge is 0.242 e. The molecular weight excluding hydrogens is 332 g/mol. The molecule has 0 fully saturated rings. The van der Waals surface area contributed by atoms with Gasteiger partial charge in [-0.2, -0.15) is 0 Å². The van der Waals surface area contributed by atoms with Gasteiger partial charge in [0, 0.05) is 16.4 Å². The summed E-state index contributed by atoms with van der Waals surface area (Å²) in [7, 11) is 0. The van der Waals surface area contributed by atoms with Crippen molar-refractivity contribution < 1.29 is 4.79 Å². The molecule has 0 aliphatic carbocycles. The van der Waals surface area contributed by atoms with Crippen molar-refractivity contribution in [2.45, 2.75) is 26.3 Å². The van der Waals surface area contributed by atoms with Crippen molar-refractivity contribution in [3.05, 3.63) is 28.9 Å². The first kappa shape index (κ1) is 15.6. The Hall–Kier alpha value is -1.82. The molecule has 0 bridgehead atoms. The fraction of sp³-hybridized carbons (Fsp3) is 0.333. The third-order valence-electron chi connectivity index (χ3n) is 3.16. The molecule has 2 aromatic rings. The van der Waals surface area contributed by atoms with Crippen LogP contribution in [-0.4, -0.2) is 23.5 Å². The summed E-state index contributed by atoms with van der Waals surface area (Å²) in [5.41, 5.74) is 8.10. The number of aromatic nitrogens is 1. The van der Waals surface area contributed by atoms with Crippen molar-refractivity contribution in [3.63, 3.8) is 0 Å². The maximum Gasteiger partial charge on any atom is 0.242 e. The van der Waals surface area contributed by atoms with Crippen LogP contribution in [0.25, 0.3) is 10.9 Å². The summed E-state index contributed by atoms with van der Waals surface area (Å²) < 4.78 is 0.938. The number of hydrogen-bond donors (Lipinski definition) is 3. The van der Waals surface area contributed by atoms with Crippen molar-refractivity contribution in [1.82, 2.24) is 10.3 Å². The molecule has 0 saturated carbocycles. The molecule has 0 spiro atoms. The number of nitrogen functional groups attached to an aromatic ring is 1. The van der Waals surface area contributed by atoms with Gasteiger partial charge in [0.05, 0.1) is 23.1 Å². The minimum absolute atomic E-state index is 0.0452. The second-order valence-corrected chi connectivity index (χ2v) is 5.82. The maximum absolute atomic E-state index is 12.0. The molecule has 2 rings (SSSR count). The van der Waals surface area contributed by atoms with Crippen LogP contribution in [0.5, 0.6) is 0 Å². The number of anilines is 2. The van der Waals surface area contributed by atoms with Gasteiger partial charge in [0.2, 0.25) is 5.91 Å². The fourth-order valence-electron chi connectivity index (χ4n) is 2.02. The minimum atomic E-state index is -0.372. The maximum atomic E-state index is 12.0. The minimum Gasteiger partial charge on any atom is -0.396 e. The third-order valence-corrected chi connectivity index (χ3v) is 3.66. The molecule has 0 saturated heterocycles. The van der Waals surface area contributed by atoms with E-state index in [1.165, 1.54) is 0 Å². The highest BCUT2D eigenvalue weighted by Crippen LogP contribution is 2.30. The van der Waals surface area contributed by atoms with Gasteiger partial charge in [0.15, 0.2) is 0 Å². The molecule has 1 aromatic carbocycles. The van der Waals surface area contributed by atoms with Crippen LogP contribution in [0.1, 0.15) is 20.3 Å². The van der Waals surface area contributed by atoms with Gasteiger partial charge in [-0.3, -0.25) is 9.78 Å². The Labute approximate surface area is 132 Å². The van der Waals surface area contributed by atoms with Crippen LogP contribution >= 0.6 is 15.9 Å². The highest BCUT2D eigenvalue weighted by Gasteiger charge is 2.15. The number of nitrogens with two attached hydrogens (primary N) is 1. The van der Waals surface area contributed by atoms with Crippen molar-refractivity contribution in [2.24, 2.45) is 0 Å². The number of fused-ring (bicyclic) bond motifs is 1. The largest absolute Gasteiger partial charge is 0.396 e. The number of nitrogens with one attached hydrogen (secondary N) is 2. The lowest BCUT2D eigenvalue weighted by Gasteiger charge is -2.18. The number of carbonyl (C=O) groups is 1. The summed E-state index contributed by atoms with van der Waals surface area (Å²) in [5, 5.41) is 6.94. The Kier molecular flexibility index (Phi) is 5.01. The normalized spacial score (nSPS) is 12.1. The molecule has 1 amide bonds. The van der Waals surface area contributed by atoms with E-state index in [2.05, 4.69) is 31.5 Å². The Morgan fingerprint density at radius 1 is 1.48 bits per heavy atom. The molecule has 0 aliphatic heterocycles. The van der Waals surface area contributed by atoms with Crippen LogP contribution in [0.2, 0.25) is 0 Å². The number of hydrogen-bond acceptors (Lipinski definition) is 4. The number of amides is 1. The first-order chi connectivity index (χ1) is 10.0. The second-order valence-electron chi connectivity index (χ2n) is 4.91. The van der Waals surface area contributed by atoms with Gasteiger partial charge in [-0.05, 0) is 31.5 Å². The fourth-order valence-corrected chi connectivity index (χ4v) is 2.39. The second kappa shape index (κ2) is 6.76. The van der Waals surface area contributed by atoms with Gasteiger partial charge < -0.3 is 16.4 Å².